The minimum Gasteiger partial charge on any atom is -0.456 e. The fourth-order valence-electron chi connectivity index (χ4n) is 8.52. The lowest BCUT2D eigenvalue weighted by molar-refractivity contribution is 0.669. The highest BCUT2D eigenvalue weighted by Gasteiger charge is 2.26. The van der Waals surface area contributed by atoms with E-state index < -0.39 is 0 Å². The van der Waals surface area contributed by atoms with Crippen LogP contribution in [-0.4, -0.2) is 4.57 Å². The molecule has 0 spiro atoms. The van der Waals surface area contributed by atoms with Gasteiger partial charge in [0.1, 0.15) is 11.2 Å². The number of nitrogens with zero attached hydrogens (tertiary/aromatic N) is 2. The van der Waals surface area contributed by atoms with Gasteiger partial charge in [0.15, 0.2) is 0 Å². The first-order valence-electron chi connectivity index (χ1n) is 19.4. The molecule has 0 N–H and O–H groups in total. The second-order valence-corrected chi connectivity index (χ2v) is 14.5. The van der Waals surface area contributed by atoms with E-state index in [4.69, 9.17) is 4.42 Å². The monoisotopic (exact) mass is 728 g/mol. The standard InChI is InChI=1S/C54H36N2O/c1-4-14-37(15-5-1)39-24-26-40(27-25-39)42-30-34-45(35-31-42)55(44-32-28-41(29-33-44)38-16-6-2-7-17-38)49-36-51-52(47-21-11-13-23-50(47)57-51)53-46-20-10-12-22-48(46)56(54(49)53)43-18-8-3-9-19-43/h1-36H. The Morgan fingerprint density at radius 2 is 0.789 bits per heavy atom. The number of hydrogen-bond donors (Lipinski definition) is 0. The van der Waals surface area contributed by atoms with Gasteiger partial charge >= 0.3 is 0 Å². The van der Waals surface area contributed by atoms with E-state index in [1.165, 1.54) is 38.6 Å². The van der Waals surface area contributed by atoms with Gasteiger partial charge in [0, 0.05) is 44.7 Å². The molecule has 0 atom stereocenters. The third-order valence-electron chi connectivity index (χ3n) is 11.2. The van der Waals surface area contributed by atoms with Crippen LogP contribution in [0.25, 0.3) is 82.8 Å². The highest BCUT2D eigenvalue weighted by Crippen LogP contribution is 2.49. The summed E-state index contributed by atoms with van der Waals surface area (Å²) in [5.74, 6) is 0. The molecule has 0 bridgehead atoms. The summed E-state index contributed by atoms with van der Waals surface area (Å²) in [5.41, 5.74) is 15.4. The number of rotatable bonds is 7. The van der Waals surface area contributed by atoms with Crippen LogP contribution in [0.1, 0.15) is 0 Å². The summed E-state index contributed by atoms with van der Waals surface area (Å²) in [4.78, 5) is 2.39. The van der Waals surface area contributed by atoms with Gasteiger partial charge in [0.25, 0.3) is 0 Å². The Morgan fingerprint density at radius 1 is 0.351 bits per heavy atom. The lowest BCUT2D eigenvalue weighted by atomic mass is 9.99. The predicted molar refractivity (Wildman–Crippen MR) is 239 cm³/mol. The van der Waals surface area contributed by atoms with Crippen molar-refractivity contribution in [1.82, 2.24) is 4.57 Å². The molecule has 3 heteroatoms. The van der Waals surface area contributed by atoms with Gasteiger partial charge in [-0.2, -0.15) is 0 Å². The minimum atomic E-state index is 0.857. The molecule has 3 nitrogen and oxygen atoms in total. The van der Waals surface area contributed by atoms with Crippen LogP contribution < -0.4 is 4.90 Å². The number of aromatic nitrogens is 1. The van der Waals surface area contributed by atoms with Crippen molar-refractivity contribution in [2.24, 2.45) is 0 Å². The van der Waals surface area contributed by atoms with Gasteiger partial charge < -0.3 is 13.9 Å². The van der Waals surface area contributed by atoms with Crippen molar-refractivity contribution in [3.63, 3.8) is 0 Å². The van der Waals surface area contributed by atoms with Gasteiger partial charge in [-0.05, 0) is 81.9 Å². The molecule has 11 aromatic rings. The van der Waals surface area contributed by atoms with Crippen molar-refractivity contribution >= 4 is 60.8 Å². The molecule has 0 fully saturated rings. The van der Waals surface area contributed by atoms with E-state index in [1.807, 2.05) is 6.07 Å². The Hall–Kier alpha value is -7.62. The van der Waals surface area contributed by atoms with Crippen molar-refractivity contribution in [2.45, 2.75) is 0 Å². The van der Waals surface area contributed by atoms with E-state index in [1.54, 1.807) is 0 Å². The number of benzene rings is 9. The fraction of sp³-hybridized carbons (Fsp3) is 0. The van der Waals surface area contributed by atoms with E-state index in [0.29, 0.717) is 0 Å². The van der Waals surface area contributed by atoms with Crippen molar-refractivity contribution in [2.75, 3.05) is 4.90 Å². The van der Waals surface area contributed by atoms with E-state index in [0.717, 1.165) is 61.3 Å². The van der Waals surface area contributed by atoms with Gasteiger partial charge in [-0.25, -0.2) is 0 Å². The Morgan fingerprint density at radius 3 is 1.35 bits per heavy atom. The number of para-hydroxylation sites is 3. The lowest BCUT2D eigenvalue weighted by Crippen LogP contribution is -2.12. The molecule has 0 aliphatic carbocycles. The van der Waals surface area contributed by atoms with Gasteiger partial charge in [0.05, 0.1) is 16.7 Å². The highest BCUT2D eigenvalue weighted by atomic mass is 16.3. The second kappa shape index (κ2) is 13.6. The zero-order valence-corrected chi connectivity index (χ0v) is 31.1. The third-order valence-corrected chi connectivity index (χ3v) is 11.2. The average Bonchev–Trinajstić information content (AvgIpc) is 3.84. The first kappa shape index (κ1) is 32.8. The van der Waals surface area contributed by atoms with Crippen molar-refractivity contribution in [1.29, 1.82) is 0 Å². The number of hydrogen-bond acceptors (Lipinski definition) is 2. The van der Waals surface area contributed by atoms with E-state index in [2.05, 4.69) is 222 Å². The van der Waals surface area contributed by atoms with Crippen molar-refractivity contribution in [3.05, 3.63) is 218 Å². The Kier molecular flexibility index (Phi) is 7.82. The number of furan rings is 1. The summed E-state index contributed by atoms with van der Waals surface area (Å²) in [5, 5.41) is 4.60. The van der Waals surface area contributed by atoms with Crippen LogP contribution in [0.15, 0.2) is 223 Å². The zero-order chi connectivity index (χ0) is 37.7. The van der Waals surface area contributed by atoms with Gasteiger partial charge in [-0.15, -0.1) is 0 Å². The SMILES string of the molecule is c1ccc(-c2ccc(-c3ccc(N(c4ccc(-c5ccccc5)cc4)c4cc5oc6ccccc6c5c5c6ccccc6n(-c6ccccc6)c45)cc3)cc2)cc1. The molecular weight excluding hydrogens is 693 g/mol. The topological polar surface area (TPSA) is 21.3 Å². The number of anilines is 3. The van der Waals surface area contributed by atoms with E-state index >= 15 is 0 Å². The molecule has 57 heavy (non-hydrogen) atoms. The molecule has 0 saturated carbocycles. The molecule has 2 heterocycles. The van der Waals surface area contributed by atoms with Crippen LogP contribution in [0.2, 0.25) is 0 Å². The molecule has 11 rings (SSSR count). The molecule has 0 aliphatic heterocycles. The summed E-state index contributed by atoms with van der Waals surface area (Å²) in [6.45, 7) is 0. The van der Waals surface area contributed by atoms with E-state index in [9.17, 15) is 0 Å². The highest BCUT2D eigenvalue weighted by molar-refractivity contribution is 6.30. The maximum Gasteiger partial charge on any atom is 0.138 e. The van der Waals surface area contributed by atoms with Gasteiger partial charge in [-0.3, -0.25) is 0 Å². The summed E-state index contributed by atoms with van der Waals surface area (Å²) in [6, 6.07) is 78.0. The van der Waals surface area contributed by atoms with E-state index in [-0.39, 0.29) is 0 Å². The smallest absolute Gasteiger partial charge is 0.138 e. The van der Waals surface area contributed by atoms with Crippen molar-refractivity contribution < 1.29 is 4.42 Å². The maximum atomic E-state index is 6.75. The summed E-state index contributed by atoms with van der Waals surface area (Å²) >= 11 is 0. The second-order valence-electron chi connectivity index (χ2n) is 14.5. The first-order chi connectivity index (χ1) is 28.3. The van der Waals surface area contributed by atoms with Crippen LogP contribution in [-0.2, 0) is 0 Å². The molecule has 0 saturated heterocycles. The molecule has 9 aromatic carbocycles. The van der Waals surface area contributed by atoms with Crippen LogP contribution in [0.4, 0.5) is 17.1 Å². The largest absolute Gasteiger partial charge is 0.456 e. The summed E-state index contributed by atoms with van der Waals surface area (Å²) in [7, 11) is 0. The van der Waals surface area contributed by atoms with Gasteiger partial charge in [-0.1, -0.05) is 164 Å². The Balaban J connectivity index is 1.16. The zero-order valence-electron chi connectivity index (χ0n) is 31.1. The minimum absolute atomic E-state index is 0.857. The van der Waals surface area contributed by atoms with Crippen LogP contribution in [0.3, 0.4) is 0 Å². The molecule has 2 aromatic heterocycles. The molecule has 0 unspecified atom stereocenters. The molecule has 0 radical (unpaired) electrons. The fourth-order valence-corrected chi connectivity index (χ4v) is 8.52. The Labute approximate surface area is 330 Å². The first-order valence-corrected chi connectivity index (χ1v) is 19.4. The molecule has 0 amide bonds. The summed E-state index contributed by atoms with van der Waals surface area (Å²) < 4.78 is 9.17. The van der Waals surface area contributed by atoms with Crippen LogP contribution in [0, 0.1) is 0 Å². The van der Waals surface area contributed by atoms with Crippen LogP contribution >= 0.6 is 0 Å². The Bertz CT molecular complexity index is 3180. The third kappa shape index (κ3) is 5.60. The lowest BCUT2D eigenvalue weighted by Gasteiger charge is -2.27. The molecule has 268 valence electrons. The maximum absolute atomic E-state index is 6.75. The van der Waals surface area contributed by atoms with Crippen LogP contribution in [0.5, 0.6) is 0 Å². The van der Waals surface area contributed by atoms with Crippen molar-refractivity contribution in [3.8, 4) is 39.1 Å². The molecule has 0 aliphatic rings. The quantitative estimate of drug-likeness (QED) is 0.163. The average molecular weight is 729 g/mol. The number of fused-ring (bicyclic) bond motifs is 7. The van der Waals surface area contributed by atoms with Gasteiger partial charge in [0.2, 0.25) is 0 Å². The normalized spacial score (nSPS) is 11.5. The molecular formula is C54H36N2O. The summed E-state index contributed by atoms with van der Waals surface area (Å²) in [6.07, 6.45) is 0. The predicted octanol–water partition coefficient (Wildman–Crippen LogP) is 15.2.